The zero-order valence-electron chi connectivity index (χ0n) is 25.1. The quantitative estimate of drug-likeness (QED) is 0.210. The van der Waals surface area contributed by atoms with Gasteiger partial charge in [-0.1, -0.05) is 53.7 Å². The van der Waals surface area contributed by atoms with E-state index in [-0.39, 0.29) is 52.1 Å². The van der Waals surface area contributed by atoms with E-state index in [9.17, 15) is 14.0 Å². The van der Waals surface area contributed by atoms with Crippen LogP contribution in [0, 0.1) is 17.0 Å². The third-order valence-corrected chi connectivity index (χ3v) is 12.3. The Kier molecular flexibility index (Phi) is 9.31. The van der Waals surface area contributed by atoms with Gasteiger partial charge in [0.05, 0.1) is 30.5 Å². The summed E-state index contributed by atoms with van der Waals surface area (Å²) in [5.74, 6) is -1.64. The van der Waals surface area contributed by atoms with Gasteiger partial charge in [-0.2, -0.15) is 0 Å². The van der Waals surface area contributed by atoms with Crippen LogP contribution in [0.25, 0.3) is 10.9 Å². The van der Waals surface area contributed by atoms with Crippen molar-refractivity contribution >= 4 is 30.9 Å². The Bertz CT molecular complexity index is 1420. The largest absolute Gasteiger partial charge is 0.462 e. The maximum absolute atomic E-state index is 15.5. The number of anilines is 1. The minimum Gasteiger partial charge on any atom is -0.462 e. The number of pyridine rings is 1. The molecule has 3 aromatic rings. The van der Waals surface area contributed by atoms with Crippen LogP contribution in [0.4, 0.5) is 14.5 Å². The van der Waals surface area contributed by atoms with Crippen molar-refractivity contribution in [3.8, 4) is 0 Å². The smallest absolute Gasteiger partial charge is 0.343 e. The number of halogens is 2. The molecule has 218 valence electrons. The highest BCUT2D eigenvalue weighted by Gasteiger charge is 2.39. The number of ether oxygens (including phenoxy) is 1. The fourth-order valence-corrected chi connectivity index (χ4v) is 5.18. The van der Waals surface area contributed by atoms with Crippen LogP contribution in [0.1, 0.15) is 70.4 Å². The van der Waals surface area contributed by atoms with Crippen molar-refractivity contribution in [1.82, 2.24) is 4.57 Å². The van der Waals surface area contributed by atoms with Crippen molar-refractivity contribution in [2.45, 2.75) is 79.2 Å². The van der Waals surface area contributed by atoms with Gasteiger partial charge in [-0.25, -0.2) is 13.6 Å². The molecule has 9 heteroatoms. The Morgan fingerprint density at radius 3 is 2.23 bits per heavy atom. The minimum absolute atomic E-state index is 0.0195. The molecule has 0 bridgehead atoms. The van der Waals surface area contributed by atoms with E-state index in [4.69, 9.17) is 9.16 Å². The molecule has 1 atom stereocenters. The number of carbonyl (C=O) groups excluding carboxylic acids is 1. The molecule has 1 N–H and O–H groups in total. The van der Waals surface area contributed by atoms with Crippen molar-refractivity contribution in [2.24, 2.45) is 5.41 Å². The molecule has 2 aromatic carbocycles. The molecule has 0 aliphatic heterocycles. The number of nitrogens with one attached hydrogen (secondary N) is 1. The molecule has 0 aliphatic rings. The van der Waals surface area contributed by atoms with Crippen LogP contribution in [0.2, 0.25) is 18.1 Å². The lowest BCUT2D eigenvalue weighted by Gasteiger charge is -2.40. The molecule has 0 radical (unpaired) electrons. The third-order valence-electron chi connectivity index (χ3n) is 7.76. The number of benzene rings is 2. The average molecular weight is 573 g/mol. The van der Waals surface area contributed by atoms with Crippen LogP contribution in [0.15, 0.2) is 47.4 Å². The van der Waals surface area contributed by atoms with Crippen LogP contribution in [0.5, 0.6) is 0 Å². The van der Waals surface area contributed by atoms with Crippen molar-refractivity contribution in [3.05, 3.63) is 75.6 Å². The van der Waals surface area contributed by atoms with Crippen LogP contribution >= 0.6 is 0 Å². The summed E-state index contributed by atoms with van der Waals surface area (Å²) >= 11 is 0. The number of nitrogens with zero attached hydrogens (tertiary/aromatic N) is 1. The predicted molar refractivity (Wildman–Crippen MR) is 159 cm³/mol. The highest BCUT2D eigenvalue weighted by molar-refractivity contribution is 6.74. The summed E-state index contributed by atoms with van der Waals surface area (Å²) < 4.78 is 42.4. The molecule has 0 amide bonds. The molecule has 0 aliphatic carbocycles. The number of carbonyl (C=O) groups is 1. The summed E-state index contributed by atoms with van der Waals surface area (Å²) in [6.45, 7) is 19.3. The number of esters is 1. The monoisotopic (exact) mass is 572 g/mol. The number of hydrogen-bond acceptors (Lipinski definition) is 5. The van der Waals surface area contributed by atoms with Gasteiger partial charge in [0, 0.05) is 24.2 Å². The molecule has 1 unspecified atom stereocenters. The maximum atomic E-state index is 15.5. The lowest BCUT2D eigenvalue weighted by atomic mass is 9.86. The van der Waals surface area contributed by atoms with E-state index in [1.165, 1.54) is 30.5 Å². The molecule has 0 saturated heterocycles. The second kappa shape index (κ2) is 11.8. The van der Waals surface area contributed by atoms with Gasteiger partial charge in [0.1, 0.15) is 17.2 Å². The molecule has 0 spiro atoms. The summed E-state index contributed by atoms with van der Waals surface area (Å²) in [6.07, 6.45) is 1.48. The normalized spacial score (nSPS) is 13.4. The van der Waals surface area contributed by atoms with Crippen LogP contribution < -0.4 is 10.7 Å². The van der Waals surface area contributed by atoms with E-state index in [0.29, 0.717) is 12.1 Å². The number of rotatable bonds is 9. The van der Waals surface area contributed by atoms with E-state index in [0.717, 1.165) is 5.56 Å². The highest BCUT2D eigenvalue weighted by Crippen LogP contribution is 2.40. The van der Waals surface area contributed by atoms with Crippen molar-refractivity contribution in [2.75, 3.05) is 18.5 Å². The third kappa shape index (κ3) is 6.99. The minimum atomic E-state index is -2.15. The Morgan fingerprint density at radius 1 is 1.05 bits per heavy atom. The molecular weight excluding hydrogens is 530 g/mol. The zero-order valence-corrected chi connectivity index (χ0v) is 26.1. The summed E-state index contributed by atoms with van der Waals surface area (Å²) in [4.78, 5) is 26.5. The van der Waals surface area contributed by atoms with E-state index < -0.39 is 25.5 Å². The average Bonchev–Trinajstić information content (AvgIpc) is 2.84. The van der Waals surface area contributed by atoms with E-state index in [2.05, 4.69) is 60.0 Å². The van der Waals surface area contributed by atoms with E-state index >= 15 is 4.39 Å². The van der Waals surface area contributed by atoms with Crippen LogP contribution in [-0.2, 0) is 15.7 Å². The first-order valence-corrected chi connectivity index (χ1v) is 16.5. The molecule has 1 heterocycles. The first kappa shape index (κ1) is 31.5. The van der Waals surface area contributed by atoms with Gasteiger partial charge in [0.25, 0.3) is 0 Å². The summed E-state index contributed by atoms with van der Waals surface area (Å²) in [6, 6.07) is 8.30. The molecule has 0 fully saturated rings. The summed E-state index contributed by atoms with van der Waals surface area (Å²) in [7, 11) is -2.15. The first-order valence-electron chi connectivity index (χ1n) is 13.6. The van der Waals surface area contributed by atoms with Crippen molar-refractivity contribution in [3.63, 3.8) is 0 Å². The lowest BCUT2D eigenvalue weighted by molar-refractivity contribution is 0.0522. The number of hydrogen-bond donors (Lipinski definition) is 1. The Hall–Kier alpha value is -3.04. The fraction of sp³-hybridized carbons (Fsp3) is 0.484. The van der Waals surface area contributed by atoms with Crippen LogP contribution in [0.3, 0.4) is 0 Å². The van der Waals surface area contributed by atoms with E-state index in [1.807, 2.05) is 0 Å². The molecule has 40 heavy (non-hydrogen) atoms. The van der Waals surface area contributed by atoms with Crippen molar-refractivity contribution in [1.29, 1.82) is 0 Å². The summed E-state index contributed by atoms with van der Waals surface area (Å²) in [5, 5.41) is 3.17. The number of aromatic nitrogens is 1. The fourth-order valence-electron chi connectivity index (χ4n) is 4.17. The second-order valence-electron chi connectivity index (χ2n) is 12.8. The standard InChI is InChI=1S/C31H42F2N2O4Si/c1-10-38-29(37)23-18-35(27(30(2,3)4)19-39-40(8,9)31(5,6)7)26-16-24(33)25(15-22(26)28(23)36)34-17-20-11-13-21(32)14-12-20/h11-16,18,27,34H,10,17,19H2,1-9H3. The topological polar surface area (TPSA) is 69.6 Å². The molecular formula is C31H42F2N2O4Si. The SMILES string of the molecule is CCOC(=O)c1cn(C(CO[Si](C)(C)C(C)(C)C)C(C)(C)C)c2cc(F)c(NCc3ccc(F)cc3)cc2c1=O. The van der Waals surface area contributed by atoms with Crippen LogP contribution in [-0.4, -0.2) is 32.1 Å². The first-order chi connectivity index (χ1) is 18.5. The second-order valence-corrected chi connectivity index (χ2v) is 17.6. The Balaban J connectivity index is 2.18. The molecule has 0 saturated carbocycles. The van der Waals surface area contributed by atoms with Gasteiger partial charge in [0.15, 0.2) is 8.32 Å². The predicted octanol–water partition coefficient (Wildman–Crippen LogP) is 7.68. The summed E-state index contributed by atoms with van der Waals surface area (Å²) in [5.41, 5.74) is 0.188. The Labute approximate surface area is 236 Å². The number of fused-ring (bicyclic) bond motifs is 1. The van der Waals surface area contributed by atoms with Gasteiger partial charge in [-0.3, -0.25) is 4.79 Å². The van der Waals surface area contributed by atoms with Gasteiger partial charge in [0.2, 0.25) is 5.43 Å². The molecule has 6 nitrogen and oxygen atoms in total. The molecule has 3 rings (SSSR count). The maximum Gasteiger partial charge on any atom is 0.343 e. The lowest BCUT2D eigenvalue weighted by Crippen LogP contribution is -2.43. The molecule has 1 aromatic heterocycles. The Morgan fingerprint density at radius 2 is 1.68 bits per heavy atom. The van der Waals surface area contributed by atoms with Gasteiger partial charge in [-0.15, -0.1) is 0 Å². The van der Waals surface area contributed by atoms with Crippen molar-refractivity contribution < 1.29 is 22.7 Å². The van der Waals surface area contributed by atoms with E-state index in [1.54, 1.807) is 23.6 Å². The highest BCUT2D eigenvalue weighted by atomic mass is 28.4. The van der Waals surface area contributed by atoms with Gasteiger partial charge >= 0.3 is 5.97 Å². The zero-order chi connectivity index (χ0) is 30.0. The van der Waals surface area contributed by atoms with Gasteiger partial charge in [-0.05, 0) is 54.2 Å². The van der Waals surface area contributed by atoms with Gasteiger partial charge < -0.3 is 19.0 Å².